The van der Waals surface area contributed by atoms with Crippen LogP contribution in [0.25, 0.3) is 6.08 Å². The molecule has 1 fully saturated rings. The lowest BCUT2D eigenvalue weighted by Gasteiger charge is -2.19. The number of nitriles is 1. The number of methoxy groups -OCH3 is 1. The quantitative estimate of drug-likeness (QED) is 0.422. The Morgan fingerprint density at radius 1 is 1.21 bits per heavy atom. The molecule has 3 rings (SSSR count). The number of aryl methyl sites for hydroxylation is 1. The van der Waals surface area contributed by atoms with Crippen molar-refractivity contribution < 1.29 is 9.53 Å². The van der Waals surface area contributed by atoms with E-state index >= 15 is 0 Å². The number of hydrogen-bond acceptors (Lipinski definition) is 4. The van der Waals surface area contributed by atoms with Crippen LogP contribution in [0.1, 0.15) is 30.4 Å². The van der Waals surface area contributed by atoms with Crippen molar-refractivity contribution in [2.75, 3.05) is 31.6 Å². The summed E-state index contributed by atoms with van der Waals surface area (Å²) in [6.45, 7) is 2.62. The van der Waals surface area contributed by atoms with Crippen LogP contribution in [0.15, 0.2) is 54.1 Å². The van der Waals surface area contributed by atoms with Crippen molar-refractivity contribution >= 4 is 17.7 Å². The largest absolute Gasteiger partial charge is 0.496 e. The number of anilines is 1. The Hall–Kier alpha value is -3.26. The maximum Gasteiger partial charge on any atom is 0.261 e. The van der Waals surface area contributed by atoms with Crippen LogP contribution in [-0.2, 0) is 11.2 Å². The molecular weight excluding hydrogens is 362 g/mol. The highest BCUT2D eigenvalue weighted by atomic mass is 16.5. The molecule has 29 heavy (non-hydrogen) atoms. The van der Waals surface area contributed by atoms with E-state index in [1.54, 1.807) is 13.2 Å². The molecule has 1 saturated heterocycles. The van der Waals surface area contributed by atoms with Crippen LogP contribution < -0.4 is 15.0 Å². The maximum absolute atomic E-state index is 12.4. The van der Waals surface area contributed by atoms with Gasteiger partial charge in [-0.25, -0.2) is 0 Å². The van der Waals surface area contributed by atoms with Crippen LogP contribution in [-0.4, -0.2) is 32.7 Å². The molecule has 2 aromatic rings. The summed E-state index contributed by atoms with van der Waals surface area (Å²) >= 11 is 0. The highest BCUT2D eigenvalue weighted by Crippen LogP contribution is 2.29. The first-order chi connectivity index (χ1) is 14.2. The number of ether oxygens (including phenoxy) is 1. The number of amides is 1. The van der Waals surface area contributed by atoms with Crippen LogP contribution in [0.4, 0.5) is 5.69 Å². The van der Waals surface area contributed by atoms with Crippen molar-refractivity contribution in [1.82, 2.24) is 5.32 Å². The van der Waals surface area contributed by atoms with Gasteiger partial charge in [0.1, 0.15) is 17.4 Å². The van der Waals surface area contributed by atoms with Gasteiger partial charge in [-0.15, -0.1) is 0 Å². The Kier molecular flexibility index (Phi) is 7.29. The van der Waals surface area contributed by atoms with Crippen LogP contribution in [0.5, 0.6) is 5.75 Å². The van der Waals surface area contributed by atoms with Crippen LogP contribution in [0.2, 0.25) is 0 Å². The molecule has 0 aliphatic carbocycles. The third-order valence-electron chi connectivity index (χ3n) is 5.12. The van der Waals surface area contributed by atoms with E-state index in [4.69, 9.17) is 4.74 Å². The molecule has 5 heteroatoms. The molecule has 1 aliphatic heterocycles. The van der Waals surface area contributed by atoms with E-state index in [1.807, 2.05) is 42.5 Å². The highest BCUT2D eigenvalue weighted by Gasteiger charge is 2.15. The van der Waals surface area contributed by atoms with Crippen molar-refractivity contribution in [2.24, 2.45) is 0 Å². The monoisotopic (exact) mass is 389 g/mol. The first-order valence-electron chi connectivity index (χ1n) is 10.1. The Bertz CT molecular complexity index is 894. The molecule has 0 atom stereocenters. The molecule has 1 N–H and O–H groups in total. The molecule has 5 nitrogen and oxygen atoms in total. The average molecular weight is 389 g/mol. The molecule has 0 radical (unpaired) electrons. The van der Waals surface area contributed by atoms with Gasteiger partial charge in [-0.3, -0.25) is 4.79 Å². The molecule has 0 spiro atoms. The number of hydrogen-bond donors (Lipinski definition) is 1. The first kappa shape index (κ1) is 20.5. The van der Waals surface area contributed by atoms with E-state index in [-0.39, 0.29) is 11.5 Å². The van der Waals surface area contributed by atoms with Gasteiger partial charge in [0.25, 0.3) is 5.91 Å². The summed E-state index contributed by atoms with van der Waals surface area (Å²) in [7, 11) is 1.61. The fourth-order valence-corrected chi connectivity index (χ4v) is 3.53. The summed E-state index contributed by atoms with van der Waals surface area (Å²) in [5, 5.41) is 12.3. The van der Waals surface area contributed by atoms with Gasteiger partial charge in [0.05, 0.1) is 7.11 Å². The van der Waals surface area contributed by atoms with Crippen molar-refractivity contribution in [3.63, 3.8) is 0 Å². The predicted octanol–water partition coefficient (Wildman–Crippen LogP) is 3.95. The lowest BCUT2D eigenvalue weighted by molar-refractivity contribution is -0.117. The van der Waals surface area contributed by atoms with Crippen molar-refractivity contribution in [2.45, 2.75) is 25.7 Å². The van der Waals surface area contributed by atoms with E-state index in [0.717, 1.165) is 37.2 Å². The lowest BCUT2D eigenvalue weighted by atomic mass is 10.1. The van der Waals surface area contributed by atoms with Gasteiger partial charge in [0.2, 0.25) is 0 Å². The molecule has 0 aromatic heterocycles. The van der Waals surface area contributed by atoms with Gasteiger partial charge < -0.3 is 15.0 Å². The van der Waals surface area contributed by atoms with Crippen LogP contribution in [0, 0.1) is 11.3 Å². The number of carbonyl (C=O) groups excluding carboxylic acids is 1. The van der Waals surface area contributed by atoms with E-state index in [9.17, 15) is 10.1 Å². The van der Waals surface area contributed by atoms with Gasteiger partial charge in [0.15, 0.2) is 0 Å². The Morgan fingerprint density at radius 2 is 1.97 bits per heavy atom. The lowest BCUT2D eigenvalue weighted by Crippen LogP contribution is -2.25. The summed E-state index contributed by atoms with van der Waals surface area (Å²) in [5.74, 6) is 0.310. The minimum atomic E-state index is -0.355. The van der Waals surface area contributed by atoms with Gasteiger partial charge in [0, 0.05) is 37.0 Å². The average Bonchev–Trinajstić information content (AvgIpc) is 3.30. The summed E-state index contributed by atoms with van der Waals surface area (Å²) < 4.78 is 5.51. The van der Waals surface area contributed by atoms with Crippen molar-refractivity contribution in [1.29, 1.82) is 5.26 Å². The molecule has 0 saturated carbocycles. The molecule has 1 aliphatic rings. The van der Waals surface area contributed by atoms with E-state index in [1.165, 1.54) is 18.4 Å². The number of benzene rings is 2. The minimum Gasteiger partial charge on any atom is -0.496 e. The third kappa shape index (κ3) is 5.61. The smallest absolute Gasteiger partial charge is 0.261 e. The number of rotatable bonds is 8. The Morgan fingerprint density at radius 3 is 2.66 bits per heavy atom. The molecule has 150 valence electrons. The van der Waals surface area contributed by atoms with E-state index in [2.05, 4.69) is 22.3 Å². The fraction of sp³-hybridized carbons (Fsp3) is 0.333. The van der Waals surface area contributed by atoms with Crippen molar-refractivity contribution in [3.05, 3.63) is 65.2 Å². The van der Waals surface area contributed by atoms with Crippen LogP contribution in [0.3, 0.4) is 0 Å². The fourth-order valence-electron chi connectivity index (χ4n) is 3.53. The first-order valence-corrected chi connectivity index (χ1v) is 10.1. The zero-order valence-corrected chi connectivity index (χ0v) is 16.9. The number of nitrogens with one attached hydrogen (secondary N) is 1. The highest BCUT2D eigenvalue weighted by molar-refractivity contribution is 6.02. The second-order valence-electron chi connectivity index (χ2n) is 7.14. The maximum atomic E-state index is 12.4. The number of nitrogens with zero attached hydrogens (tertiary/aromatic N) is 2. The predicted molar refractivity (Wildman–Crippen MR) is 116 cm³/mol. The second-order valence-corrected chi connectivity index (χ2v) is 7.14. The SMILES string of the molecule is COc1cc(N2CCCC2)ccc1/C=C(/C#N)C(=O)NCCCc1ccccc1. The van der Waals surface area contributed by atoms with E-state index < -0.39 is 0 Å². The number of carbonyl (C=O) groups is 1. The summed E-state index contributed by atoms with van der Waals surface area (Å²) in [6.07, 6.45) is 5.71. The molecule has 2 aromatic carbocycles. The normalized spacial score (nSPS) is 13.8. The molecule has 0 unspecified atom stereocenters. The van der Waals surface area contributed by atoms with Gasteiger partial charge in [-0.1, -0.05) is 30.3 Å². The standard InChI is InChI=1S/C24H27N3O2/c1-29-23-17-22(27-14-5-6-15-27)12-11-20(23)16-21(18-25)24(28)26-13-7-10-19-8-3-2-4-9-19/h2-4,8-9,11-12,16-17H,5-7,10,13-15H2,1H3,(H,26,28)/b21-16-. The zero-order valence-electron chi connectivity index (χ0n) is 16.9. The summed E-state index contributed by atoms with van der Waals surface area (Å²) in [4.78, 5) is 14.7. The molecule has 1 heterocycles. The zero-order chi connectivity index (χ0) is 20.5. The summed E-state index contributed by atoms with van der Waals surface area (Å²) in [6, 6.07) is 18.1. The van der Waals surface area contributed by atoms with Crippen LogP contribution >= 0.6 is 0 Å². The van der Waals surface area contributed by atoms with Gasteiger partial charge in [-0.2, -0.15) is 5.26 Å². The molecular formula is C24H27N3O2. The van der Waals surface area contributed by atoms with Gasteiger partial charge in [-0.05, 0) is 49.5 Å². The topological polar surface area (TPSA) is 65.4 Å². The molecule has 1 amide bonds. The third-order valence-corrected chi connectivity index (χ3v) is 5.12. The van der Waals surface area contributed by atoms with Crippen molar-refractivity contribution in [3.8, 4) is 11.8 Å². The van der Waals surface area contributed by atoms with Gasteiger partial charge >= 0.3 is 0 Å². The summed E-state index contributed by atoms with van der Waals surface area (Å²) in [5.41, 5.74) is 3.16. The minimum absolute atomic E-state index is 0.0805. The second kappa shape index (κ2) is 10.3. The van der Waals surface area contributed by atoms with E-state index in [0.29, 0.717) is 12.3 Å². The molecule has 0 bridgehead atoms. The Labute approximate surface area is 172 Å². The Balaban J connectivity index is 1.62.